The van der Waals surface area contributed by atoms with Crippen molar-refractivity contribution in [2.24, 2.45) is 0 Å². The summed E-state index contributed by atoms with van der Waals surface area (Å²) in [6.07, 6.45) is 5.82. The first-order chi connectivity index (χ1) is 15.8. The fourth-order valence-corrected chi connectivity index (χ4v) is 4.07. The molecule has 1 aliphatic carbocycles. The maximum atomic E-state index is 13.0. The number of nitrogens with one attached hydrogen (secondary N) is 1. The minimum Gasteiger partial charge on any atom is -0.438 e. The molecule has 0 bridgehead atoms. The van der Waals surface area contributed by atoms with Crippen LogP contribution in [-0.4, -0.2) is 36.6 Å². The van der Waals surface area contributed by atoms with Crippen molar-refractivity contribution in [1.29, 1.82) is 0 Å². The molecule has 1 aromatic heterocycles. The van der Waals surface area contributed by atoms with Crippen LogP contribution in [0.2, 0.25) is 0 Å². The van der Waals surface area contributed by atoms with Crippen molar-refractivity contribution < 1.29 is 17.9 Å². The van der Waals surface area contributed by atoms with Gasteiger partial charge in [-0.2, -0.15) is 4.98 Å². The normalized spacial score (nSPS) is 15.7. The average Bonchev–Trinajstić information content (AvgIpc) is 3.61. The van der Waals surface area contributed by atoms with Gasteiger partial charge in [0.1, 0.15) is 17.1 Å². The van der Waals surface area contributed by atoms with Crippen LogP contribution in [0, 0.1) is 0 Å². The van der Waals surface area contributed by atoms with E-state index in [1.165, 1.54) is 12.3 Å². The third-order valence-corrected chi connectivity index (χ3v) is 6.09. The van der Waals surface area contributed by atoms with Crippen LogP contribution in [0.3, 0.4) is 0 Å². The van der Waals surface area contributed by atoms with Crippen molar-refractivity contribution in [1.82, 2.24) is 15.3 Å². The van der Waals surface area contributed by atoms with Crippen LogP contribution < -0.4 is 10.1 Å². The molecule has 3 aromatic rings. The van der Waals surface area contributed by atoms with E-state index < -0.39 is 21.8 Å². The molecule has 1 unspecified atom stereocenters. The fourth-order valence-electron chi connectivity index (χ4n) is 3.55. The van der Waals surface area contributed by atoms with E-state index in [0.717, 1.165) is 30.1 Å². The summed E-state index contributed by atoms with van der Waals surface area (Å²) in [6.45, 7) is 1.68. The Morgan fingerprint density at radius 1 is 1.09 bits per heavy atom. The van der Waals surface area contributed by atoms with Gasteiger partial charge in [-0.3, -0.25) is 4.79 Å². The standard InChI is InChI=1S/C25H25N3O4S/c1-18(13-16-33(2,30)31)27-22(29)21-17-26-24(25(14-15-25)19-9-5-3-6-10-19)28-23(21)32-20-11-7-4-8-12-20/h3-13,16-18H,14-15H2,1-2H3,(H,27,29)/b16-13+. The van der Waals surface area contributed by atoms with Gasteiger partial charge in [0.15, 0.2) is 9.84 Å². The Labute approximate surface area is 193 Å². The molecule has 0 spiro atoms. The zero-order valence-electron chi connectivity index (χ0n) is 18.4. The minimum absolute atomic E-state index is 0.158. The molecule has 1 N–H and O–H groups in total. The van der Waals surface area contributed by atoms with Gasteiger partial charge in [-0.25, -0.2) is 13.4 Å². The quantitative estimate of drug-likeness (QED) is 0.542. The summed E-state index contributed by atoms with van der Waals surface area (Å²) in [6, 6.07) is 18.7. The van der Waals surface area contributed by atoms with Crippen molar-refractivity contribution in [2.75, 3.05) is 6.26 Å². The number of ether oxygens (including phenoxy) is 1. The van der Waals surface area contributed by atoms with Gasteiger partial charge < -0.3 is 10.1 Å². The molecule has 1 aliphatic rings. The van der Waals surface area contributed by atoms with Crippen molar-refractivity contribution >= 4 is 15.7 Å². The van der Waals surface area contributed by atoms with Crippen LogP contribution in [0.5, 0.6) is 11.6 Å². The first-order valence-corrected chi connectivity index (χ1v) is 12.6. The van der Waals surface area contributed by atoms with E-state index in [4.69, 9.17) is 4.74 Å². The van der Waals surface area contributed by atoms with Crippen LogP contribution in [0.4, 0.5) is 0 Å². The number of para-hydroxylation sites is 1. The number of benzene rings is 2. The first kappa shape index (κ1) is 22.7. The molecular formula is C25H25N3O4S. The van der Waals surface area contributed by atoms with Crippen molar-refractivity contribution in [2.45, 2.75) is 31.2 Å². The highest BCUT2D eigenvalue weighted by Crippen LogP contribution is 2.52. The number of carbonyl (C=O) groups is 1. The molecule has 1 amide bonds. The van der Waals surface area contributed by atoms with Gasteiger partial charge in [0.25, 0.3) is 5.91 Å². The Morgan fingerprint density at radius 3 is 2.33 bits per heavy atom. The van der Waals surface area contributed by atoms with Gasteiger partial charge in [-0.15, -0.1) is 0 Å². The summed E-state index contributed by atoms with van der Waals surface area (Å²) in [5, 5.41) is 3.82. The summed E-state index contributed by atoms with van der Waals surface area (Å²) >= 11 is 0. The molecule has 0 radical (unpaired) electrons. The van der Waals surface area contributed by atoms with Crippen molar-refractivity contribution in [3.63, 3.8) is 0 Å². The van der Waals surface area contributed by atoms with Crippen molar-refractivity contribution in [3.05, 3.63) is 95.3 Å². The van der Waals surface area contributed by atoms with Gasteiger partial charge in [0.05, 0.1) is 5.41 Å². The predicted octanol–water partition coefficient (Wildman–Crippen LogP) is 4.03. The lowest BCUT2D eigenvalue weighted by atomic mass is 9.95. The van der Waals surface area contributed by atoms with E-state index >= 15 is 0 Å². The topological polar surface area (TPSA) is 98.2 Å². The maximum absolute atomic E-state index is 13.0. The number of sulfone groups is 1. The lowest BCUT2D eigenvalue weighted by molar-refractivity contribution is 0.0943. The van der Waals surface area contributed by atoms with Crippen LogP contribution in [0.1, 0.15) is 41.5 Å². The summed E-state index contributed by atoms with van der Waals surface area (Å²) in [7, 11) is -3.29. The van der Waals surface area contributed by atoms with E-state index in [2.05, 4.69) is 27.4 Å². The molecule has 1 saturated carbocycles. The Hall–Kier alpha value is -3.52. The Morgan fingerprint density at radius 2 is 1.73 bits per heavy atom. The number of aromatic nitrogens is 2. The SMILES string of the molecule is CC(/C=C/S(C)(=O)=O)NC(=O)c1cnc(C2(c3ccccc3)CC2)nc1Oc1ccccc1. The number of rotatable bonds is 8. The maximum Gasteiger partial charge on any atom is 0.258 e. The predicted molar refractivity (Wildman–Crippen MR) is 126 cm³/mol. The molecule has 7 nitrogen and oxygen atoms in total. The second-order valence-electron chi connectivity index (χ2n) is 8.20. The fraction of sp³-hybridized carbons (Fsp3) is 0.240. The van der Waals surface area contributed by atoms with Crippen LogP contribution in [0.25, 0.3) is 0 Å². The molecular weight excluding hydrogens is 438 g/mol. The van der Waals surface area contributed by atoms with Crippen LogP contribution in [0.15, 0.2) is 78.3 Å². The highest BCUT2D eigenvalue weighted by atomic mass is 32.2. The summed E-state index contributed by atoms with van der Waals surface area (Å²) in [4.78, 5) is 22.2. The largest absolute Gasteiger partial charge is 0.438 e. The van der Waals surface area contributed by atoms with Crippen LogP contribution in [-0.2, 0) is 15.3 Å². The molecule has 170 valence electrons. The van der Waals surface area contributed by atoms with Gasteiger partial charge in [0, 0.05) is 23.9 Å². The lowest BCUT2D eigenvalue weighted by Gasteiger charge is -2.17. The van der Waals surface area contributed by atoms with Crippen LogP contribution >= 0.6 is 0 Å². The highest BCUT2D eigenvalue weighted by Gasteiger charge is 2.49. The molecule has 0 aliphatic heterocycles. The molecule has 1 heterocycles. The monoisotopic (exact) mass is 463 g/mol. The number of hydrogen-bond acceptors (Lipinski definition) is 6. The Bertz CT molecular complexity index is 1270. The summed E-state index contributed by atoms with van der Waals surface area (Å²) in [5.41, 5.74) is 1.02. The third kappa shape index (κ3) is 5.46. The molecule has 1 fully saturated rings. The smallest absolute Gasteiger partial charge is 0.258 e. The average molecular weight is 464 g/mol. The van der Waals surface area contributed by atoms with Gasteiger partial charge in [-0.05, 0) is 37.5 Å². The highest BCUT2D eigenvalue weighted by molar-refractivity contribution is 7.93. The van der Waals surface area contributed by atoms with E-state index in [0.29, 0.717) is 11.6 Å². The Balaban J connectivity index is 1.66. The van der Waals surface area contributed by atoms with E-state index in [9.17, 15) is 13.2 Å². The zero-order chi connectivity index (χ0) is 23.5. The van der Waals surface area contributed by atoms with E-state index in [-0.39, 0.29) is 16.9 Å². The number of amides is 1. The molecule has 33 heavy (non-hydrogen) atoms. The Kier molecular flexibility index (Phi) is 6.29. The second-order valence-corrected chi connectivity index (χ2v) is 10.1. The molecule has 8 heteroatoms. The molecule has 1 atom stereocenters. The molecule has 4 rings (SSSR count). The number of hydrogen-bond donors (Lipinski definition) is 1. The lowest BCUT2D eigenvalue weighted by Crippen LogP contribution is -2.32. The summed E-state index contributed by atoms with van der Waals surface area (Å²) < 4.78 is 28.7. The molecule has 0 saturated heterocycles. The van der Waals surface area contributed by atoms with Gasteiger partial charge in [-0.1, -0.05) is 54.6 Å². The first-order valence-electron chi connectivity index (χ1n) is 10.6. The van der Waals surface area contributed by atoms with Crippen molar-refractivity contribution in [3.8, 4) is 11.6 Å². The minimum atomic E-state index is -3.29. The van der Waals surface area contributed by atoms with Gasteiger partial charge in [0.2, 0.25) is 5.88 Å². The van der Waals surface area contributed by atoms with Gasteiger partial charge >= 0.3 is 0 Å². The third-order valence-electron chi connectivity index (χ3n) is 5.43. The number of nitrogens with zero attached hydrogens (tertiary/aromatic N) is 2. The summed E-state index contributed by atoms with van der Waals surface area (Å²) in [5.74, 6) is 0.861. The molecule has 2 aromatic carbocycles. The van der Waals surface area contributed by atoms with E-state index in [1.807, 2.05) is 36.4 Å². The number of carbonyl (C=O) groups excluding carboxylic acids is 1. The zero-order valence-corrected chi connectivity index (χ0v) is 19.2. The van der Waals surface area contributed by atoms with E-state index in [1.54, 1.807) is 19.1 Å². The second kappa shape index (κ2) is 9.15.